The molecule has 0 saturated heterocycles. The number of hydrogen-bond acceptors (Lipinski definition) is 2. The third-order valence-corrected chi connectivity index (χ3v) is 12.2. The van der Waals surface area contributed by atoms with Crippen LogP contribution in [0.1, 0.15) is 0 Å². The Labute approximate surface area is 353 Å². The van der Waals surface area contributed by atoms with Crippen molar-refractivity contribution in [3.05, 3.63) is 231 Å². The predicted octanol–water partition coefficient (Wildman–Crippen LogP) is 16.3. The number of anilines is 3. The van der Waals surface area contributed by atoms with E-state index in [1.54, 1.807) is 0 Å². The average molecular weight is 779 g/mol. The van der Waals surface area contributed by atoms with Crippen LogP contribution in [0, 0.1) is 0 Å². The molecule has 0 bridgehead atoms. The number of hydrogen-bond donors (Lipinski definition) is 0. The minimum absolute atomic E-state index is 0.866. The van der Waals surface area contributed by atoms with Gasteiger partial charge in [-0.2, -0.15) is 0 Å². The zero-order valence-electron chi connectivity index (χ0n) is 33.2. The van der Waals surface area contributed by atoms with Gasteiger partial charge in [0, 0.05) is 51.0 Å². The van der Waals surface area contributed by atoms with Crippen molar-refractivity contribution in [3.8, 4) is 44.5 Å². The van der Waals surface area contributed by atoms with E-state index in [1.165, 1.54) is 66.1 Å². The zero-order chi connectivity index (χ0) is 40.3. The summed E-state index contributed by atoms with van der Waals surface area (Å²) in [6.45, 7) is 0. The van der Waals surface area contributed by atoms with E-state index in [0.29, 0.717) is 0 Å². The molecule has 0 fully saturated rings. The fourth-order valence-electron chi connectivity index (χ4n) is 9.22. The molecule has 0 saturated carbocycles. The van der Waals surface area contributed by atoms with E-state index >= 15 is 0 Å². The number of nitrogens with zero attached hydrogens (tertiary/aromatic N) is 2. The smallest absolute Gasteiger partial charge is 0.137 e. The summed E-state index contributed by atoms with van der Waals surface area (Å²) in [7, 11) is 0. The maximum atomic E-state index is 6.40. The normalized spacial score (nSPS) is 11.6. The van der Waals surface area contributed by atoms with Crippen LogP contribution in [0.4, 0.5) is 17.1 Å². The highest BCUT2D eigenvalue weighted by atomic mass is 16.3. The second-order valence-corrected chi connectivity index (χ2v) is 15.7. The van der Waals surface area contributed by atoms with Crippen LogP contribution in [-0.2, 0) is 0 Å². The molecule has 286 valence electrons. The lowest BCUT2D eigenvalue weighted by atomic mass is 9.97. The Kier molecular flexibility index (Phi) is 8.17. The van der Waals surface area contributed by atoms with Gasteiger partial charge < -0.3 is 13.7 Å². The lowest BCUT2D eigenvalue weighted by Crippen LogP contribution is -2.09. The number of pyridine rings is 1. The third-order valence-electron chi connectivity index (χ3n) is 12.2. The topological polar surface area (TPSA) is 20.8 Å². The summed E-state index contributed by atoms with van der Waals surface area (Å²) >= 11 is 0. The fourth-order valence-corrected chi connectivity index (χ4v) is 9.22. The standard InChI is InChI=1S/C58H38N2O/c1-3-11-39(12-4-1)40-19-21-41(22-20-40)42-23-28-47(29-24-42)60(49-32-33-52-51-17-9-10-18-55(51)61-56(52)38-49)48-30-25-43(26-31-48)46-35-36-59-53-34-27-44-13-7-8-16-50(44)58(53)57(54(59)37-46)45-14-5-2-6-15-45/h1-38H. The average Bonchev–Trinajstić information content (AvgIpc) is 3.88. The molecule has 0 amide bonds. The van der Waals surface area contributed by atoms with Crippen molar-refractivity contribution >= 4 is 66.2 Å². The molecule has 3 heterocycles. The van der Waals surface area contributed by atoms with Gasteiger partial charge in [0.2, 0.25) is 0 Å². The molecule has 61 heavy (non-hydrogen) atoms. The van der Waals surface area contributed by atoms with Crippen molar-refractivity contribution in [1.29, 1.82) is 0 Å². The predicted molar refractivity (Wildman–Crippen MR) is 256 cm³/mol. The molecular formula is C58H38N2O. The largest absolute Gasteiger partial charge is 0.456 e. The number of rotatable bonds is 7. The summed E-state index contributed by atoms with van der Waals surface area (Å²) < 4.78 is 8.75. The van der Waals surface area contributed by atoms with Gasteiger partial charge in [-0.15, -0.1) is 0 Å². The molecule has 0 N–H and O–H groups in total. The van der Waals surface area contributed by atoms with Gasteiger partial charge in [0.05, 0.1) is 11.0 Å². The second-order valence-electron chi connectivity index (χ2n) is 15.7. The van der Waals surface area contributed by atoms with Gasteiger partial charge in [0.15, 0.2) is 0 Å². The number of benzene rings is 9. The SMILES string of the molecule is c1ccc(-c2ccc(-c3ccc(N(c4ccc(-c5ccn6c(c5)c(-c5ccccc5)c5c7ccccc7ccc56)cc4)c4ccc5c(c4)oc4ccccc45)cc3)cc2)cc1. The molecule has 0 atom stereocenters. The quantitative estimate of drug-likeness (QED) is 0.161. The second kappa shape index (κ2) is 14.3. The van der Waals surface area contributed by atoms with E-state index in [2.05, 4.69) is 228 Å². The Morgan fingerprint density at radius 1 is 0.328 bits per heavy atom. The highest BCUT2D eigenvalue weighted by molar-refractivity contribution is 6.19. The van der Waals surface area contributed by atoms with E-state index in [0.717, 1.165) is 44.6 Å². The molecule has 0 radical (unpaired) electrons. The van der Waals surface area contributed by atoms with Crippen LogP contribution in [0.5, 0.6) is 0 Å². The first kappa shape index (κ1) is 34.9. The first-order valence-electron chi connectivity index (χ1n) is 20.8. The van der Waals surface area contributed by atoms with Crippen molar-refractivity contribution < 1.29 is 4.42 Å². The van der Waals surface area contributed by atoms with Crippen molar-refractivity contribution in [2.75, 3.05) is 4.90 Å². The minimum Gasteiger partial charge on any atom is -0.456 e. The van der Waals surface area contributed by atoms with Crippen LogP contribution in [0.15, 0.2) is 235 Å². The lowest BCUT2D eigenvalue weighted by Gasteiger charge is -2.26. The Morgan fingerprint density at radius 3 is 1.54 bits per heavy atom. The van der Waals surface area contributed by atoms with Crippen LogP contribution in [0.2, 0.25) is 0 Å². The van der Waals surface area contributed by atoms with E-state index in [-0.39, 0.29) is 0 Å². The molecule has 0 unspecified atom stereocenters. The van der Waals surface area contributed by atoms with E-state index in [4.69, 9.17) is 4.42 Å². The fraction of sp³-hybridized carbons (Fsp3) is 0. The maximum absolute atomic E-state index is 6.40. The monoisotopic (exact) mass is 778 g/mol. The van der Waals surface area contributed by atoms with E-state index in [9.17, 15) is 0 Å². The van der Waals surface area contributed by atoms with Gasteiger partial charge in [-0.25, -0.2) is 0 Å². The molecule has 0 aliphatic rings. The third kappa shape index (κ3) is 5.98. The van der Waals surface area contributed by atoms with Crippen LogP contribution < -0.4 is 4.90 Å². The highest BCUT2D eigenvalue weighted by Gasteiger charge is 2.19. The van der Waals surface area contributed by atoms with Crippen molar-refractivity contribution in [2.45, 2.75) is 0 Å². The lowest BCUT2D eigenvalue weighted by molar-refractivity contribution is 0.669. The van der Waals surface area contributed by atoms with Gasteiger partial charge in [-0.05, 0) is 110 Å². The molecular weight excluding hydrogens is 741 g/mol. The number of fused-ring (bicyclic) bond motifs is 8. The van der Waals surface area contributed by atoms with E-state index in [1.807, 2.05) is 12.1 Å². The minimum atomic E-state index is 0.866. The number of para-hydroxylation sites is 1. The van der Waals surface area contributed by atoms with Crippen LogP contribution in [-0.4, -0.2) is 4.40 Å². The summed E-state index contributed by atoms with van der Waals surface area (Å²) in [4.78, 5) is 2.32. The summed E-state index contributed by atoms with van der Waals surface area (Å²) in [6.07, 6.45) is 2.23. The van der Waals surface area contributed by atoms with Gasteiger partial charge in [0.1, 0.15) is 11.2 Å². The summed E-state index contributed by atoms with van der Waals surface area (Å²) in [5, 5.41) is 6.03. The van der Waals surface area contributed by atoms with Crippen molar-refractivity contribution in [3.63, 3.8) is 0 Å². The molecule has 0 spiro atoms. The molecule has 3 aromatic heterocycles. The number of furan rings is 1. The Bertz CT molecular complexity index is 3550. The highest BCUT2D eigenvalue weighted by Crippen LogP contribution is 2.43. The van der Waals surface area contributed by atoms with Gasteiger partial charge in [-0.3, -0.25) is 0 Å². The Balaban J connectivity index is 0.949. The zero-order valence-corrected chi connectivity index (χ0v) is 33.2. The van der Waals surface area contributed by atoms with Crippen molar-refractivity contribution in [1.82, 2.24) is 4.40 Å². The summed E-state index contributed by atoms with van der Waals surface area (Å²) in [5.41, 5.74) is 16.9. The van der Waals surface area contributed by atoms with E-state index < -0.39 is 0 Å². The molecule has 3 nitrogen and oxygen atoms in total. The van der Waals surface area contributed by atoms with Crippen LogP contribution >= 0.6 is 0 Å². The van der Waals surface area contributed by atoms with Gasteiger partial charge in [0.25, 0.3) is 0 Å². The molecule has 0 aliphatic carbocycles. The Morgan fingerprint density at radius 2 is 0.852 bits per heavy atom. The summed E-state index contributed by atoms with van der Waals surface area (Å²) in [5.74, 6) is 0. The first-order valence-corrected chi connectivity index (χ1v) is 20.8. The first-order chi connectivity index (χ1) is 30.2. The molecule has 0 aliphatic heterocycles. The van der Waals surface area contributed by atoms with Crippen molar-refractivity contribution in [2.24, 2.45) is 0 Å². The summed E-state index contributed by atoms with van der Waals surface area (Å²) in [6, 6.07) is 80.6. The number of aromatic nitrogens is 1. The van der Waals surface area contributed by atoms with Crippen LogP contribution in [0.25, 0.3) is 93.6 Å². The van der Waals surface area contributed by atoms with Gasteiger partial charge >= 0.3 is 0 Å². The Hall–Kier alpha value is -8.14. The maximum Gasteiger partial charge on any atom is 0.137 e. The molecule has 3 heteroatoms. The van der Waals surface area contributed by atoms with Gasteiger partial charge in [-0.1, -0.05) is 158 Å². The molecule has 12 rings (SSSR count). The molecule has 9 aromatic carbocycles. The van der Waals surface area contributed by atoms with Crippen LogP contribution in [0.3, 0.4) is 0 Å². The molecule has 12 aromatic rings.